The largest absolute Gasteiger partial charge is 0.354 e. The SMILES string of the molecule is C=C/C=C(/C=C)C1=C(C)N(C)C=C(CCN(C)CC(C)C(=O)N(CC)CC)C1.CC.O=Cc1cccnc1. The lowest BCUT2D eigenvalue weighted by Crippen LogP contribution is -2.39. The molecule has 1 aromatic rings. The average Bonchev–Trinajstić information content (AvgIpc) is 2.94. The van der Waals surface area contributed by atoms with Crippen LogP contribution < -0.4 is 0 Å². The molecule has 1 aromatic heterocycles. The van der Waals surface area contributed by atoms with Crippen molar-refractivity contribution in [3.05, 3.63) is 90.1 Å². The number of nitrogens with zero attached hydrogens (tertiary/aromatic N) is 4. The first-order chi connectivity index (χ1) is 18.2. The van der Waals surface area contributed by atoms with Crippen molar-refractivity contribution in [3.8, 4) is 0 Å². The Morgan fingerprint density at radius 3 is 2.37 bits per heavy atom. The molecule has 6 nitrogen and oxygen atoms in total. The summed E-state index contributed by atoms with van der Waals surface area (Å²) in [6.07, 6.45) is 13.8. The van der Waals surface area contributed by atoms with Crippen molar-refractivity contribution in [2.24, 2.45) is 5.92 Å². The lowest BCUT2D eigenvalue weighted by Gasteiger charge is -2.29. The second kappa shape index (κ2) is 19.8. The van der Waals surface area contributed by atoms with E-state index < -0.39 is 0 Å². The van der Waals surface area contributed by atoms with Crippen LogP contribution in [-0.4, -0.2) is 72.2 Å². The predicted octanol–water partition coefficient (Wildman–Crippen LogP) is 6.52. The van der Waals surface area contributed by atoms with Crippen LogP contribution in [0, 0.1) is 5.92 Å². The Bertz CT molecular complexity index is 959. The number of carbonyl (C=O) groups excluding carboxylic acids is 2. The van der Waals surface area contributed by atoms with Crippen LogP contribution in [0.15, 0.2) is 84.5 Å². The van der Waals surface area contributed by atoms with Gasteiger partial charge in [0.2, 0.25) is 5.91 Å². The Morgan fingerprint density at radius 2 is 1.89 bits per heavy atom. The molecule has 0 aliphatic carbocycles. The molecule has 1 unspecified atom stereocenters. The van der Waals surface area contributed by atoms with Crippen molar-refractivity contribution >= 4 is 12.2 Å². The number of carbonyl (C=O) groups is 2. The third-order valence-corrected chi connectivity index (χ3v) is 6.33. The van der Waals surface area contributed by atoms with Crippen LogP contribution in [0.1, 0.15) is 64.7 Å². The van der Waals surface area contributed by atoms with Gasteiger partial charge in [0.05, 0.1) is 0 Å². The normalized spacial score (nSPS) is 13.9. The fraction of sp³-hybridized carbons (Fsp3) is 0.469. The van der Waals surface area contributed by atoms with Crippen LogP contribution in [0.2, 0.25) is 0 Å². The second-order valence-electron chi connectivity index (χ2n) is 9.03. The van der Waals surface area contributed by atoms with Gasteiger partial charge in [0.1, 0.15) is 0 Å². The number of aromatic nitrogens is 1. The number of hydrogen-bond acceptors (Lipinski definition) is 5. The Kier molecular flexibility index (Phi) is 18.1. The molecule has 1 atom stereocenters. The van der Waals surface area contributed by atoms with Crippen molar-refractivity contribution in [2.45, 2.75) is 54.4 Å². The third kappa shape index (κ3) is 11.9. The zero-order valence-corrected chi connectivity index (χ0v) is 25.0. The highest BCUT2D eigenvalue weighted by Crippen LogP contribution is 2.31. The van der Waals surface area contributed by atoms with Crippen LogP contribution >= 0.6 is 0 Å². The molecule has 2 heterocycles. The van der Waals surface area contributed by atoms with E-state index in [1.165, 1.54) is 23.0 Å². The number of hydrogen-bond donors (Lipinski definition) is 0. The molecule has 0 saturated heterocycles. The molecule has 0 radical (unpaired) electrons. The molecule has 1 aliphatic heterocycles. The summed E-state index contributed by atoms with van der Waals surface area (Å²) in [5.74, 6) is 0.271. The first kappa shape index (κ1) is 34.8. The molecule has 1 amide bonds. The van der Waals surface area contributed by atoms with E-state index in [9.17, 15) is 9.59 Å². The van der Waals surface area contributed by atoms with Crippen molar-refractivity contribution in [2.75, 3.05) is 40.3 Å². The molecule has 6 heteroatoms. The topological polar surface area (TPSA) is 56.8 Å². The Labute approximate surface area is 232 Å². The molecule has 0 bridgehead atoms. The molecule has 0 saturated carbocycles. The zero-order valence-electron chi connectivity index (χ0n) is 25.0. The highest BCUT2D eigenvalue weighted by atomic mass is 16.2. The van der Waals surface area contributed by atoms with Crippen LogP contribution in [0.3, 0.4) is 0 Å². The van der Waals surface area contributed by atoms with Gasteiger partial charge < -0.3 is 14.7 Å². The average molecular weight is 523 g/mol. The molecule has 0 fully saturated rings. The molecule has 2 rings (SSSR count). The molecular weight excluding hydrogens is 472 g/mol. The van der Waals surface area contributed by atoms with Crippen LogP contribution in [0.25, 0.3) is 0 Å². The number of amides is 1. The smallest absolute Gasteiger partial charge is 0.226 e. The van der Waals surface area contributed by atoms with E-state index in [0.29, 0.717) is 5.56 Å². The summed E-state index contributed by atoms with van der Waals surface area (Å²) in [6.45, 7) is 23.3. The van der Waals surface area contributed by atoms with Crippen molar-refractivity contribution in [3.63, 3.8) is 0 Å². The quantitative estimate of drug-likeness (QED) is 0.231. The summed E-state index contributed by atoms with van der Waals surface area (Å²) >= 11 is 0. The van der Waals surface area contributed by atoms with E-state index in [1.54, 1.807) is 18.3 Å². The Morgan fingerprint density at radius 1 is 1.24 bits per heavy atom. The lowest BCUT2D eigenvalue weighted by atomic mass is 9.92. The van der Waals surface area contributed by atoms with Gasteiger partial charge in [-0.05, 0) is 69.5 Å². The molecule has 38 heavy (non-hydrogen) atoms. The van der Waals surface area contributed by atoms with Gasteiger partial charge in [-0.15, -0.1) is 0 Å². The van der Waals surface area contributed by atoms with E-state index >= 15 is 0 Å². The van der Waals surface area contributed by atoms with E-state index in [2.05, 4.69) is 55.2 Å². The highest BCUT2D eigenvalue weighted by molar-refractivity contribution is 5.78. The summed E-state index contributed by atoms with van der Waals surface area (Å²) in [7, 11) is 4.20. The first-order valence-corrected chi connectivity index (χ1v) is 13.6. The van der Waals surface area contributed by atoms with Gasteiger partial charge in [-0.25, -0.2) is 0 Å². The maximum absolute atomic E-state index is 12.5. The van der Waals surface area contributed by atoms with Gasteiger partial charge in [0.25, 0.3) is 0 Å². The number of pyridine rings is 1. The maximum Gasteiger partial charge on any atom is 0.226 e. The standard InChI is InChI=1S/C24H39N3O.C6H5NO.C2H6/c1-9-13-22(10-2)23-16-21(18-26(8)20(23)6)14-15-25(7)17-19(5)24(28)27(11-3)12-4;8-5-6-2-1-3-7-4-6;1-2/h9-10,13,18-19H,1-2,11-12,14-17H2,3-8H3;1-5H;1-2H3/b22-13-;;. The summed E-state index contributed by atoms with van der Waals surface area (Å²) in [5.41, 5.74) is 5.71. The molecule has 210 valence electrons. The van der Waals surface area contributed by atoms with Gasteiger partial charge in [-0.3, -0.25) is 14.6 Å². The molecule has 0 aromatic carbocycles. The molecular formula is C32H50N4O2. The van der Waals surface area contributed by atoms with Gasteiger partial charge in [0.15, 0.2) is 6.29 Å². The van der Waals surface area contributed by atoms with Crippen LogP contribution in [0.4, 0.5) is 0 Å². The predicted molar refractivity (Wildman–Crippen MR) is 162 cm³/mol. The van der Waals surface area contributed by atoms with Crippen LogP contribution in [-0.2, 0) is 4.79 Å². The molecule has 0 N–H and O–H groups in total. The Hall–Kier alpha value is -3.25. The van der Waals surface area contributed by atoms with Gasteiger partial charge >= 0.3 is 0 Å². The minimum absolute atomic E-state index is 0.0218. The zero-order chi connectivity index (χ0) is 29.1. The molecule has 1 aliphatic rings. The fourth-order valence-electron chi connectivity index (χ4n) is 4.13. The summed E-state index contributed by atoms with van der Waals surface area (Å²) < 4.78 is 0. The third-order valence-electron chi connectivity index (χ3n) is 6.33. The maximum atomic E-state index is 12.5. The lowest BCUT2D eigenvalue weighted by molar-refractivity contribution is -0.135. The second-order valence-corrected chi connectivity index (χ2v) is 9.03. The van der Waals surface area contributed by atoms with Crippen molar-refractivity contribution in [1.82, 2.24) is 19.7 Å². The minimum atomic E-state index is 0.0218. The summed E-state index contributed by atoms with van der Waals surface area (Å²) in [5, 5.41) is 0. The van der Waals surface area contributed by atoms with Crippen molar-refractivity contribution in [1.29, 1.82) is 0 Å². The fourth-order valence-corrected chi connectivity index (χ4v) is 4.13. The van der Waals surface area contributed by atoms with E-state index in [4.69, 9.17) is 0 Å². The summed E-state index contributed by atoms with van der Waals surface area (Å²) in [4.78, 5) is 32.6. The summed E-state index contributed by atoms with van der Waals surface area (Å²) in [6, 6.07) is 3.43. The Balaban J connectivity index is 0.00000114. The van der Waals surface area contributed by atoms with Gasteiger partial charge in [-0.1, -0.05) is 52.2 Å². The number of rotatable bonds is 12. The highest BCUT2D eigenvalue weighted by Gasteiger charge is 2.21. The number of allylic oxidation sites excluding steroid dienone is 6. The van der Waals surface area contributed by atoms with E-state index in [1.807, 2.05) is 57.7 Å². The molecule has 0 spiro atoms. The van der Waals surface area contributed by atoms with Crippen LogP contribution in [0.5, 0.6) is 0 Å². The number of aldehydes is 1. The monoisotopic (exact) mass is 522 g/mol. The van der Waals surface area contributed by atoms with Gasteiger partial charge in [-0.2, -0.15) is 0 Å². The first-order valence-electron chi connectivity index (χ1n) is 13.6. The minimum Gasteiger partial charge on any atom is -0.354 e. The van der Waals surface area contributed by atoms with Gasteiger partial charge in [0, 0.05) is 69.0 Å². The van der Waals surface area contributed by atoms with E-state index in [0.717, 1.165) is 50.9 Å². The van der Waals surface area contributed by atoms with Crippen molar-refractivity contribution < 1.29 is 9.59 Å². The van der Waals surface area contributed by atoms with E-state index in [-0.39, 0.29) is 11.8 Å².